The number of rotatable bonds is 3. The lowest BCUT2D eigenvalue weighted by Crippen LogP contribution is -2.28. The van der Waals surface area contributed by atoms with E-state index in [2.05, 4.69) is 53.4 Å². The summed E-state index contributed by atoms with van der Waals surface area (Å²) < 4.78 is 11.5. The van der Waals surface area contributed by atoms with E-state index in [4.69, 9.17) is 9.47 Å². The number of hydrogen-bond acceptors (Lipinski definition) is 3. The van der Waals surface area contributed by atoms with Gasteiger partial charge in [-0.05, 0) is 23.6 Å². The summed E-state index contributed by atoms with van der Waals surface area (Å²) >= 11 is 0. The van der Waals surface area contributed by atoms with Crippen molar-refractivity contribution in [1.29, 1.82) is 0 Å². The smallest absolute Gasteiger partial charge is 0.168 e. The first-order valence-electron chi connectivity index (χ1n) is 8.24. The molecule has 3 nitrogen and oxygen atoms in total. The van der Waals surface area contributed by atoms with Gasteiger partial charge in [0, 0.05) is 25.2 Å². The van der Waals surface area contributed by atoms with Gasteiger partial charge in [-0.15, -0.1) is 0 Å². The Hall–Kier alpha value is -2.26. The topological polar surface area (TPSA) is 21.7 Å². The third-order valence-electron chi connectivity index (χ3n) is 4.45. The van der Waals surface area contributed by atoms with Crippen LogP contribution in [0.3, 0.4) is 0 Å². The Morgan fingerprint density at radius 3 is 2.61 bits per heavy atom. The van der Waals surface area contributed by atoms with E-state index in [1.807, 2.05) is 6.07 Å². The Bertz CT molecular complexity index is 709. The quantitative estimate of drug-likeness (QED) is 0.862. The zero-order valence-electron chi connectivity index (χ0n) is 13.2. The fourth-order valence-electron chi connectivity index (χ4n) is 3.27. The highest BCUT2D eigenvalue weighted by molar-refractivity contribution is 5.74. The normalized spacial score (nSPS) is 17.7. The number of benzene rings is 2. The van der Waals surface area contributed by atoms with Gasteiger partial charge in [0.1, 0.15) is 13.2 Å². The Morgan fingerprint density at radius 1 is 0.913 bits per heavy atom. The Labute approximate surface area is 137 Å². The summed E-state index contributed by atoms with van der Waals surface area (Å²) in [5.41, 5.74) is 3.94. The molecule has 23 heavy (non-hydrogen) atoms. The van der Waals surface area contributed by atoms with Gasteiger partial charge in [-0.2, -0.15) is 0 Å². The van der Waals surface area contributed by atoms with Crippen LogP contribution >= 0.6 is 0 Å². The summed E-state index contributed by atoms with van der Waals surface area (Å²) in [4.78, 5) is 2.48. The van der Waals surface area contributed by atoms with Crippen LogP contribution in [0.15, 0.2) is 54.6 Å². The highest BCUT2D eigenvalue weighted by Crippen LogP contribution is 2.39. The Kier molecular flexibility index (Phi) is 4.03. The molecule has 118 valence electrons. The first kappa shape index (κ1) is 14.3. The van der Waals surface area contributed by atoms with Crippen LogP contribution in [0.4, 0.5) is 0 Å². The third-order valence-corrected chi connectivity index (χ3v) is 4.45. The summed E-state index contributed by atoms with van der Waals surface area (Å²) in [6.07, 6.45) is 3.38. The monoisotopic (exact) mass is 307 g/mol. The van der Waals surface area contributed by atoms with Gasteiger partial charge in [0.05, 0.1) is 0 Å². The Morgan fingerprint density at radius 2 is 1.78 bits per heavy atom. The molecule has 0 fully saturated rings. The molecule has 0 spiro atoms. The van der Waals surface area contributed by atoms with E-state index in [9.17, 15) is 0 Å². The first-order valence-corrected chi connectivity index (χ1v) is 8.24. The lowest BCUT2D eigenvalue weighted by molar-refractivity contribution is 0.171. The van der Waals surface area contributed by atoms with Gasteiger partial charge in [-0.3, -0.25) is 4.90 Å². The second-order valence-corrected chi connectivity index (χ2v) is 6.03. The van der Waals surface area contributed by atoms with E-state index >= 15 is 0 Å². The largest absolute Gasteiger partial charge is 0.486 e. The van der Waals surface area contributed by atoms with Gasteiger partial charge in [0.25, 0.3) is 0 Å². The molecule has 2 aliphatic heterocycles. The molecule has 0 aromatic heterocycles. The highest BCUT2D eigenvalue weighted by atomic mass is 16.6. The van der Waals surface area contributed by atoms with Crippen LogP contribution in [0.5, 0.6) is 11.5 Å². The number of nitrogens with zero attached hydrogens (tertiary/aromatic N) is 1. The zero-order chi connectivity index (χ0) is 15.5. The maximum atomic E-state index is 5.85. The van der Waals surface area contributed by atoms with Crippen LogP contribution in [0.25, 0.3) is 5.57 Å². The molecular weight excluding hydrogens is 286 g/mol. The number of ether oxygens (including phenoxy) is 2. The molecule has 2 heterocycles. The molecule has 0 unspecified atom stereocenters. The molecule has 0 radical (unpaired) electrons. The molecule has 2 aromatic rings. The summed E-state index contributed by atoms with van der Waals surface area (Å²) in [5, 5.41) is 0. The minimum Gasteiger partial charge on any atom is -0.486 e. The van der Waals surface area contributed by atoms with Gasteiger partial charge >= 0.3 is 0 Å². The van der Waals surface area contributed by atoms with Gasteiger partial charge < -0.3 is 9.47 Å². The highest BCUT2D eigenvalue weighted by Gasteiger charge is 2.20. The molecule has 0 aliphatic carbocycles. The summed E-state index contributed by atoms with van der Waals surface area (Å²) in [5.74, 6) is 1.79. The van der Waals surface area contributed by atoms with Crippen LogP contribution in [-0.2, 0) is 6.54 Å². The average Bonchev–Trinajstić information content (AvgIpc) is 2.63. The Balaban J connectivity index is 1.50. The number of hydrogen-bond donors (Lipinski definition) is 0. The van der Waals surface area contributed by atoms with Crippen molar-refractivity contribution in [2.45, 2.75) is 13.0 Å². The van der Waals surface area contributed by atoms with E-state index in [1.165, 1.54) is 16.7 Å². The molecule has 0 N–H and O–H groups in total. The summed E-state index contributed by atoms with van der Waals surface area (Å²) in [6.45, 7) is 4.34. The van der Waals surface area contributed by atoms with Crippen LogP contribution in [0, 0.1) is 0 Å². The molecule has 0 saturated carbocycles. The van der Waals surface area contributed by atoms with Gasteiger partial charge in [0.15, 0.2) is 11.5 Å². The first-order chi connectivity index (χ1) is 11.4. The zero-order valence-corrected chi connectivity index (χ0v) is 13.2. The molecule has 0 amide bonds. The van der Waals surface area contributed by atoms with Crippen molar-refractivity contribution in [2.75, 3.05) is 26.3 Å². The van der Waals surface area contributed by atoms with E-state index in [1.54, 1.807) is 0 Å². The maximum absolute atomic E-state index is 5.85. The van der Waals surface area contributed by atoms with Crippen LogP contribution in [-0.4, -0.2) is 31.2 Å². The lowest BCUT2D eigenvalue weighted by atomic mass is 9.97. The van der Waals surface area contributed by atoms with Gasteiger partial charge in [0.2, 0.25) is 0 Å². The average molecular weight is 307 g/mol. The van der Waals surface area contributed by atoms with Crippen molar-refractivity contribution in [2.24, 2.45) is 0 Å². The molecule has 0 bridgehead atoms. The van der Waals surface area contributed by atoms with E-state index in [0.29, 0.717) is 13.2 Å². The minimum absolute atomic E-state index is 0.636. The fourth-order valence-corrected chi connectivity index (χ4v) is 3.27. The van der Waals surface area contributed by atoms with Crippen molar-refractivity contribution in [3.8, 4) is 11.5 Å². The molecule has 3 heteroatoms. The van der Waals surface area contributed by atoms with E-state index in [-0.39, 0.29) is 0 Å². The number of fused-ring (bicyclic) bond motifs is 1. The molecular formula is C20H21NO2. The standard InChI is InChI=1S/C20H21NO2/c1-2-5-16(6-3-1)15-21-11-9-17(10-12-21)18-7-4-8-19-20(18)23-14-13-22-19/h1-9H,10-15H2. The molecule has 2 aliphatic rings. The molecule has 0 saturated heterocycles. The predicted octanol–water partition coefficient (Wildman–Crippen LogP) is 3.75. The molecule has 4 rings (SSSR count). The van der Waals surface area contributed by atoms with Crippen LogP contribution in [0.1, 0.15) is 17.5 Å². The van der Waals surface area contributed by atoms with E-state index < -0.39 is 0 Å². The summed E-state index contributed by atoms with van der Waals surface area (Å²) in [6, 6.07) is 16.9. The number of para-hydroxylation sites is 1. The van der Waals surface area contributed by atoms with Gasteiger partial charge in [-0.1, -0.05) is 48.5 Å². The second kappa shape index (κ2) is 6.47. The van der Waals surface area contributed by atoms with Crippen molar-refractivity contribution in [1.82, 2.24) is 4.90 Å². The third kappa shape index (κ3) is 3.10. The van der Waals surface area contributed by atoms with Crippen molar-refractivity contribution in [3.05, 3.63) is 65.7 Å². The maximum Gasteiger partial charge on any atom is 0.168 e. The van der Waals surface area contributed by atoms with Crippen molar-refractivity contribution >= 4 is 5.57 Å². The van der Waals surface area contributed by atoms with E-state index in [0.717, 1.165) is 37.6 Å². The second-order valence-electron chi connectivity index (χ2n) is 6.03. The van der Waals surface area contributed by atoms with Crippen molar-refractivity contribution in [3.63, 3.8) is 0 Å². The molecule has 2 aromatic carbocycles. The molecule has 0 atom stereocenters. The van der Waals surface area contributed by atoms with Crippen LogP contribution in [0.2, 0.25) is 0 Å². The SMILES string of the molecule is C1=C(c2cccc3c2OCCO3)CCN(Cc2ccccc2)C1. The fraction of sp³-hybridized carbons (Fsp3) is 0.300. The van der Waals surface area contributed by atoms with Crippen molar-refractivity contribution < 1.29 is 9.47 Å². The minimum atomic E-state index is 0.636. The van der Waals surface area contributed by atoms with Crippen LogP contribution < -0.4 is 9.47 Å². The summed E-state index contributed by atoms with van der Waals surface area (Å²) in [7, 11) is 0. The lowest BCUT2D eigenvalue weighted by Gasteiger charge is -2.28. The predicted molar refractivity (Wildman–Crippen MR) is 91.7 cm³/mol. The van der Waals surface area contributed by atoms with Gasteiger partial charge in [-0.25, -0.2) is 0 Å².